The van der Waals surface area contributed by atoms with Crippen molar-refractivity contribution < 1.29 is 9.59 Å². The Kier molecular flexibility index (Phi) is 5.24. The topological polar surface area (TPSA) is 40.6 Å². The van der Waals surface area contributed by atoms with Crippen LogP contribution in [0.3, 0.4) is 0 Å². The van der Waals surface area contributed by atoms with Crippen LogP contribution in [0.2, 0.25) is 10.0 Å². The summed E-state index contributed by atoms with van der Waals surface area (Å²) in [6, 6.07) is 14.5. The SMILES string of the molecule is CCCCN1C(=O)C2=C(c3ccc(Cl)cc3)N(C)C(=O)C2=C1c1ccc(Cl)cc1. The Balaban J connectivity index is 1.95. The van der Waals surface area contributed by atoms with Gasteiger partial charge in [-0.05, 0) is 41.8 Å². The maximum Gasteiger partial charge on any atom is 0.261 e. The first-order valence-electron chi connectivity index (χ1n) is 9.54. The number of nitrogens with zero attached hydrogens (tertiary/aromatic N) is 2. The van der Waals surface area contributed by atoms with E-state index in [1.54, 1.807) is 41.1 Å². The zero-order valence-electron chi connectivity index (χ0n) is 16.2. The molecule has 2 aliphatic heterocycles. The summed E-state index contributed by atoms with van der Waals surface area (Å²) in [5.41, 5.74) is 3.80. The monoisotopic (exact) mass is 426 g/mol. The predicted octanol–water partition coefficient (Wildman–Crippen LogP) is 5.23. The third kappa shape index (κ3) is 3.26. The minimum Gasteiger partial charge on any atom is -0.310 e. The van der Waals surface area contributed by atoms with Crippen LogP contribution in [0.25, 0.3) is 11.4 Å². The molecule has 0 bridgehead atoms. The zero-order chi connectivity index (χ0) is 20.7. The molecule has 6 heteroatoms. The number of hydrogen-bond donors (Lipinski definition) is 0. The smallest absolute Gasteiger partial charge is 0.261 e. The highest BCUT2D eigenvalue weighted by Crippen LogP contribution is 2.46. The molecule has 148 valence electrons. The predicted molar refractivity (Wildman–Crippen MR) is 116 cm³/mol. The van der Waals surface area contributed by atoms with Crippen molar-refractivity contribution in [1.82, 2.24) is 9.80 Å². The van der Waals surface area contributed by atoms with Crippen molar-refractivity contribution in [2.75, 3.05) is 13.6 Å². The fourth-order valence-electron chi connectivity index (χ4n) is 3.84. The summed E-state index contributed by atoms with van der Waals surface area (Å²) in [7, 11) is 1.70. The lowest BCUT2D eigenvalue weighted by Crippen LogP contribution is -2.29. The molecule has 2 amide bonds. The van der Waals surface area contributed by atoms with E-state index in [-0.39, 0.29) is 11.8 Å². The van der Waals surface area contributed by atoms with Gasteiger partial charge in [0.15, 0.2) is 0 Å². The fourth-order valence-corrected chi connectivity index (χ4v) is 4.10. The van der Waals surface area contributed by atoms with Gasteiger partial charge in [-0.3, -0.25) is 9.59 Å². The Hall–Kier alpha value is -2.56. The van der Waals surface area contributed by atoms with Crippen molar-refractivity contribution in [3.05, 3.63) is 80.8 Å². The molecule has 2 heterocycles. The number of likely N-dealkylation sites (N-methyl/N-ethyl adjacent to an activating group) is 1. The quantitative estimate of drug-likeness (QED) is 0.656. The van der Waals surface area contributed by atoms with E-state index in [1.165, 1.54) is 0 Å². The number of halogens is 2. The van der Waals surface area contributed by atoms with Crippen LogP contribution in [-0.4, -0.2) is 35.2 Å². The molecular formula is C23H20Cl2N2O2. The van der Waals surface area contributed by atoms with Gasteiger partial charge in [-0.15, -0.1) is 0 Å². The van der Waals surface area contributed by atoms with Crippen molar-refractivity contribution in [2.45, 2.75) is 19.8 Å². The number of fused-ring (bicyclic) bond motifs is 1. The van der Waals surface area contributed by atoms with Crippen LogP contribution in [0.5, 0.6) is 0 Å². The molecule has 4 nitrogen and oxygen atoms in total. The van der Waals surface area contributed by atoms with Crippen LogP contribution in [0.15, 0.2) is 59.7 Å². The number of carbonyl (C=O) groups is 2. The van der Waals surface area contributed by atoms with Crippen molar-refractivity contribution in [2.24, 2.45) is 0 Å². The van der Waals surface area contributed by atoms with E-state index in [1.807, 2.05) is 24.3 Å². The van der Waals surface area contributed by atoms with Crippen LogP contribution >= 0.6 is 23.2 Å². The molecule has 0 radical (unpaired) electrons. The van der Waals surface area contributed by atoms with Gasteiger partial charge in [0.05, 0.1) is 22.5 Å². The lowest BCUT2D eigenvalue weighted by molar-refractivity contribution is -0.123. The summed E-state index contributed by atoms with van der Waals surface area (Å²) >= 11 is 12.1. The molecular weight excluding hydrogens is 407 g/mol. The highest BCUT2D eigenvalue weighted by atomic mass is 35.5. The van der Waals surface area contributed by atoms with Gasteiger partial charge < -0.3 is 9.80 Å². The highest BCUT2D eigenvalue weighted by molar-refractivity contribution is 6.32. The minimum atomic E-state index is -0.178. The number of benzene rings is 2. The van der Waals surface area contributed by atoms with Gasteiger partial charge in [0.25, 0.3) is 11.8 Å². The summed E-state index contributed by atoms with van der Waals surface area (Å²) < 4.78 is 0. The van der Waals surface area contributed by atoms with E-state index >= 15 is 0 Å². The number of rotatable bonds is 5. The van der Waals surface area contributed by atoms with E-state index in [4.69, 9.17) is 23.2 Å². The summed E-state index contributed by atoms with van der Waals surface area (Å²) in [6.45, 7) is 2.64. The van der Waals surface area contributed by atoms with Crippen LogP contribution in [0.1, 0.15) is 30.9 Å². The zero-order valence-corrected chi connectivity index (χ0v) is 17.7. The Morgan fingerprint density at radius 3 is 1.76 bits per heavy atom. The molecule has 0 saturated carbocycles. The third-order valence-corrected chi connectivity index (χ3v) is 5.78. The first kappa shape index (κ1) is 19.7. The number of amides is 2. The average molecular weight is 427 g/mol. The molecule has 2 aromatic carbocycles. The molecule has 2 aliphatic rings. The minimum absolute atomic E-state index is 0.138. The van der Waals surface area contributed by atoms with Crippen molar-refractivity contribution in [1.29, 1.82) is 0 Å². The summed E-state index contributed by atoms with van der Waals surface area (Å²) in [5, 5.41) is 1.21. The largest absolute Gasteiger partial charge is 0.310 e. The van der Waals surface area contributed by atoms with Crippen molar-refractivity contribution in [3.63, 3.8) is 0 Å². The van der Waals surface area contributed by atoms with Gasteiger partial charge in [0, 0.05) is 23.6 Å². The normalized spacial score (nSPS) is 16.4. The first-order valence-corrected chi connectivity index (χ1v) is 10.3. The van der Waals surface area contributed by atoms with Crippen LogP contribution < -0.4 is 0 Å². The molecule has 4 rings (SSSR count). The molecule has 0 aromatic heterocycles. The molecule has 0 spiro atoms. The van der Waals surface area contributed by atoms with E-state index in [0.29, 0.717) is 39.1 Å². The Morgan fingerprint density at radius 2 is 1.24 bits per heavy atom. The molecule has 2 aromatic rings. The fraction of sp³-hybridized carbons (Fsp3) is 0.217. The second kappa shape index (κ2) is 7.69. The van der Waals surface area contributed by atoms with Gasteiger partial charge in [-0.25, -0.2) is 0 Å². The Bertz CT molecular complexity index is 1050. The second-order valence-electron chi connectivity index (χ2n) is 7.14. The van der Waals surface area contributed by atoms with Gasteiger partial charge >= 0.3 is 0 Å². The molecule has 0 fully saturated rings. The third-order valence-electron chi connectivity index (χ3n) is 5.28. The Labute approximate surface area is 180 Å². The van der Waals surface area contributed by atoms with E-state index in [9.17, 15) is 9.59 Å². The number of unbranched alkanes of at least 4 members (excludes halogenated alkanes) is 1. The van der Waals surface area contributed by atoms with Crippen molar-refractivity contribution >= 4 is 46.4 Å². The maximum atomic E-state index is 13.5. The number of carbonyl (C=O) groups excluding carboxylic acids is 2. The molecule has 0 N–H and O–H groups in total. The lowest BCUT2D eigenvalue weighted by Gasteiger charge is -2.23. The lowest BCUT2D eigenvalue weighted by atomic mass is 10.0. The second-order valence-corrected chi connectivity index (χ2v) is 8.01. The molecule has 0 atom stereocenters. The van der Waals surface area contributed by atoms with Gasteiger partial charge in [0.1, 0.15) is 0 Å². The highest BCUT2D eigenvalue weighted by Gasteiger charge is 2.47. The molecule has 0 unspecified atom stereocenters. The molecule has 0 saturated heterocycles. The molecule has 0 aliphatic carbocycles. The van der Waals surface area contributed by atoms with Gasteiger partial charge in [0.2, 0.25) is 0 Å². The standard InChI is InChI=1S/C23H20Cl2N2O2/c1-3-4-13-27-21(15-7-11-17(25)12-8-15)19-18(23(27)29)20(26(2)22(19)28)14-5-9-16(24)10-6-14/h5-12H,3-4,13H2,1-2H3. The first-order chi connectivity index (χ1) is 13.9. The molecule has 29 heavy (non-hydrogen) atoms. The van der Waals surface area contributed by atoms with Gasteiger partial charge in [-0.2, -0.15) is 0 Å². The van der Waals surface area contributed by atoms with E-state index < -0.39 is 0 Å². The van der Waals surface area contributed by atoms with Crippen molar-refractivity contribution in [3.8, 4) is 0 Å². The Morgan fingerprint density at radius 1 is 0.759 bits per heavy atom. The summed E-state index contributed by atoms with van der Waals surface area (Å²) in [6.07, 6.45) is 1.80. The maximum absolute atomic E-state index is 13.5. The average Bonchev–Trinajstić information content (AvgIpc) is 3.14. The van der Waals surface area contributed by atoms with Crippen LogP contribution in [0, 0.1) is 0 Å². The summed E-state index contributed by atoms with van der Waals surface area (Å²) in [5.74, 6) is -0.316. The van der Waals surface area contributed by atoms with Crippen LogP contribution in [0.4, 0.5) is 0 Å². The number of hydrogen-bond acceptors (Lipinski definition) is 2. The summed E-state index contributed by atoms with van der Waals surface area (Å²) in [4.78, 5) is 30.0. The van der Waals surface area contributed by atoms with E-state index in [2.05, 4.69) is 6.92 Å². The van der Waals surface area contributed by atoms with E-state index in [0.717, 1.165) is 24.0 Å². The van der Waals surface area contributed by atoms with Gasteiger partial charge in [-0.1, -0.05) is 60.8 Å². The van der Waals surface area contributed by atoms with Crippen LogP contribution in [-0.2, 0) is 9.59 Å².